The smallest absolute Gasteiger partial charge is 0.0639 e. The third-order valence-corrected chi connectivity index (χ3v) is 1.66. The third-order valence-electron chi connectivity index (χ3n) is 1.66. The molecule has 1 fully saturated rings. The normalized spacial score (nSPS) is 25.7. The first-order chi connectivity index (χ1) is 4.18. The zero-order chi connectivity index (χ0) is 6.85. The van der Waals surface area contributed by atoms with Crippen molar-refractivity contribution in [2.24, 2.45) is 5.92 Å². The lowest BCUT2D eigenvalue weighted by Crippen LogP contribution is -2.47. The Morgan fingerprint density at radius 2 is 2.22 bits per heavy atom. The van der Waals surface area contributed by atoms with Gasteiger partial charge in [-0.2, -0.15) is 0 Å². The molecule has 0 unspecified atom stereocenters. The second-order valence-electron chi connectivity index (χ2n) is 3.17. The molecule has 1 aliphatic rings. The zero-order valence-corrected chi connectivity index (χ0v) is 6.17. The van der Waals surface area contributed by atoms with E-state index in [0.29, 0.717) is 0 Å². The predicted molar refractivity (Wildman–Crippen MR) is 37.3 cm³/mol. The Hall–Kier alpha value is -0.0800. The van der Waals surface area contributed by atoms with Gasteiger partial charge in [0.05, 0.1) is 6.10 Å². The van der Waals surface area contributed by atoms with E-state index < -0.39 is 0 Å². The highest BCUT2D eigenvalue weighted by atomic mass is 16.3. The number of hydrogen-bond acceptors (Lipinski definition) is 2. The van der Waals surface area contributed by atoms with Crippen LogP contribution in [0.2, 0.25) is 0 Å². The summed E-state index contributed by atoms with van der Waals surface area (Å²) in [5.74, 6) is 0.851. The molecule has 54 valence electrons. The Bertz CT molecular complexity index is 86.9. The average molecular weight is 129 g/mol. The molecule has 0 aromatic heterocycles. The van der Waals surface area contributed by atoms with E-state index in [0.717, 1.165) is 12.5 Å². The molecule has 1 aliphatic heterocycles. The minimum absolute atomic E-state index is 0.155. The second kappa shape index (κ2) is 2.67. The number of β-amino-alcohol motifs (C(OH)–C–C–N with tert-alkyl or cyclic N) is 1. The lowest BCUT2D eigenvalue weighted by molar-refractivity contribution is 0.0546. The van der Waals surface area contributed by atoms with E-state index in [1.165, 1.54) is 13.1 Å². The Morgan fingerprint density at radius 1 is 1.67 bits per heavy atom. The van der Waals surface area contributed by atoms with Crippen LogP contribution < -0.4 is 0 Å². The van der Waals surface area contributed by atoms with Crippen molar-refractivity contribution in [2.45, 2.75) is 20.0 Å². The van der Waals surface area contributed by atoms with Gasteiger partial charge in [-0.3, -0.25) is 0 Å². The van der Waals surface area contributed by atoms with Crippen LogP contribution in [0.15, 0.2) is 0 Å². The Kier molecular flexibility index (Phi) is 2.09. The van der Waals surface area contributed by atoms with Crippen molar-refractivity contribution in [3.63, 3.8) is 0 Å². The summed E-state index contributed by atoms with van der Waals surface area (Å²) in [6.45, 7) is 7.27. The Morgan fingerprint density at radius 3 is 2.56 bits per heavy atom. The lowest BCUT2D eigenvalue weighted by atomic mass is 10.0. The van der Waals surface area contributed by atoms with E-state index in [1.54, 1.807) is 0 Å². The monoisotopic (exact) mass is 129 g/mol. The topological polar surface area (TPSA) is 23.5 Å². The Labute approximate surface area is 56.5 Å². The van der Waals surface area contributed by atoms with Crippen molar-refractivity contribution in [1.82, 2.24) is 4.90 Å². The van der Waals surface area contributed by atoms with E-state index in [9.17, 15) is 0 Å². The van der Waals surface area contributed by atoms with Gasteiger partial charge in [0.1, 0.15) is 0 Å². The highest BCUT2D eigenvalue weighted by Crippen LogP contribution is 2.13. The van der Waals surface area contributed by atoms with E-state index in [-0.39, 0.29) is 6.10 Å². The quantitative estimate of drug-likeness (QED) is 0.580. The van der Waals surface area contributed by atoms with Gasteiger partial charge >= 0.3 is 0 Å². The number of hydrogen-bond donors (Lipinski definition) is 1. The average Bonchev–Trinajstić information content (AvgIpc) is 1.60. The molecule has 1 atom stereocenters. The SMILES string of the molecule is CC1CN(C[C@@H](C)O)C1. The predicted octanol–water partition coefficient (Wildman–Crippen LogP) is 0.319. The lowest BCUT2D eigenvalue weighted by Gasteiger charge is -2.37. The molecule has 1 rings (SSSR count). The van der Waals surface area contributed by atoms with Crippen molar-refractivity contribution < 1.29 is 5.11 Å². The molecule has 1 saturated heterocycles. The second-order valence-corrected chi connectivity index (χ2v) is 3.17. The van der Waals surface area contributed by atoms with Crippen molar-refractivity contribution in [3.8, 4) is 0 Å². The van der Waals surface area contributed by atoms with Gasteiger partial charge in [-0.25, -0.2) is 0 Å². The summed E-state index contributed by atoms with van der Waals surface area (Å²) in [6, 6.07) is 0. The summed E-state index contributed by atoms with van der Waals surface area (Å²) in [4.78, 5) is 2.27. The molecule has 1 N–H and O–H groups in total. The van der Waals surface area contributed by atoms with Crippen LogP contribution in [0, 0.1) is 5.92 Å². The maximum absolute atomic E-state index is 8.93. The molecule has 0 spiro atoms. The van der Waals surface area contributed by atoms with Crippen molar-refractivity contribution in [1.29, 1.82) is 0 Å². The van der Waals surface area contributed by atoms with E-state index >= 15 is 0 Å². The van der Waals surface area contributed by atoms with Gasteiger partial charge in [0.15, 0.2) is 0 Å². The van der Waals surface area contributed by atoms with Crippen molar-refractivity contribution in [2.75, 3.05) is 19.6 Å². The van der Waals surface area contributed by atoms with Crippen molar-refractivity contribution >= 4 is 0 Å². The molecule has 0 aliphatic carbocycles. The van der Waals surface area contributed by atoms with Crippen LogP contribution in [0.4, 0.5) is 0 Å². The van der Waals surface area contributed by atoms with Crippen LogP contribution in [0.5, 0.6) is 0 Å². The summed E-state index contributed by atoms with van der Waals surface area (Å²) in [5.41, 5.74) is 0. The summed E-state index contributed by atoms with van der Waals surface area (Å²) in [6.07, 6.45) is -0.155. The van der Waals surface area contributed by atoms with Gasteiger partial charge in [-0.1, -0.05) is 6.92 Å². The van der Waals surface area contributed by atoms with Gasteiger partial charge in [0.25, 0.3) is 0 Å². The van der Waals surface area contributed by atoms with Crippen LogP contribution in [0.25, 0.3) is 0 Å². The zero-order valence-electron chi connectivity index (χ0n) is 6.17. The maximum Gasteiger partial charge on any atom is 0.0639 e. The summed E-state index contributed by atoms with van der Waals surface area (Å²) < 4.78 is 0. The fourth-order valence-corrected chi connectivity index (χ4v) is 1.35. The molecule has 2 nitrogen and oxygen atoms in total. The van der Waals surface area contributed by atoms with Gasteiger partial charge in [0, 0.05) is 19.6 Å². The molecular formula is C7H15NO. The van der Waals surface area contributed by atoms with Gasteiger partial charge in [-0.15, -0.1) is 0 Å². The molecule has 0 aromatic carbocycles. The number of aliphatic hydroxyl groups excluding tert-OH is 1. The van der Waals surface area contributed by atoms with Crippen LogP contribution in [-0.4, -0.2) is 35.7 Å². The number of rotatable bonds is 2. The highest BCUT2D eigenvalue weighted by Gasteiger charge is 2.22. The van der Waals surface area contributed by atoms with Gasteiger partial charge in [-0.05, 0) is 12.8 Å². The third kappa shape index (κ3) is 1.95. The number of nitrogens with zero attached hydrogens (tertiary/aromatic N) is 1. The summed E-state index contributed by atoms with van der Waals surface area (Å²) in [5, 5.41) is 8.93. The van der Waals surface area contributed by atoms with Gasteiger partial charge < -0.3 is 10.0 Å². The van der Waals surface area contributed by atoms with Crippen LogP contribution in [-0.2, 0) is 0 Å². The number of likely N-dealkylation sites (tertiary alicyclic amines) is 1. The largest absolute Gasteiger partial charge is 0.392 e. The minimum atomic E-state index is -0.155. The molecule has 9 heavy (non-hydrogen) atoms. The molecule has 0 amide bonds. The first-order valence-corrected chi connectivity index (χ1v) is 3.59. The molecule has 2 heteroatoms. The van der Waals surface area contributed by atoms with Crippen LogP contribution >= 0.6 is 0 Å². The summed E-state index contributed by atoms with van der Waals surface area (Å²) >= 11 is 0. The summed E-state index contributed by atoms with van der Waals surface area (Å²) in [7, 11) is 0. The number of aliphatic hydroxyl groups is 1. The van der Waals surface area contributed by atoms with E-state index in [1.807, 2.05) is 6.92 Å². The fraction of sp³-hybridized carbons (Fsp3) is 1.00. The maximum atomic E-state index is 8.93. The molecular weight excluding hydrogens is 114 g/mol. The Balaban J connectivity index is 2.04. The standard InChI is InChI=1S/C7H15NO/c1-6-3-8(4-6)5-7(2)9/h6-7,9H,3-5H2,1-2H3/t7-/m1/s1. The van der Waals surface area contributed by atoms with Crippen LogP contribution in [0.3, 0.4) is 0 Å². The molecule has 0 saturated carbocycles. The fourth-order valence-electron chi connectivity index (χ4n) is 1.35. The van der Waals surface area contributed by atoms with Crippen LogP contribution in [0.1, 0.15) is 13.8 Å². The first-order valence-electron chi connectivity index (χ1n) is 3.59. The molecule has 0 radical (unpaired) electrons. The molecule has 1 heterocycles. The van der Waals surface area contributed by atoms with E-state index in [4.69, 9.17) is 5.11 Å². The highest BCUT2D eigenvalue weighted by molar-refractivity contribution is 4.76. The molecule has 0 aromatic rings. The molecule has 0 bridgehead atoms. The van der Waals surface area contributed by atoms with Gasteiger partial charge in [0.2, 0.25) is 0 Å². The van der Waals surface area contributed by atoms with Crippen molar-refractivity contribution in [3.05, 3.63) is 0 Å². The first kappa shape index (κ1) is 7.03. The minimum Gasteiger partial charge on any atom is -0.392 e. The van der Waals surface area contributed by atoms with E-state index in [2.05, 4.69) is 11.8 Å².